The number of hydrogen-bond donors (Lipinski definition) is 2. The summed E-state index contributed by atoms with van der Waals surface area (Å²) in [5.74, 6) is 0.885. The quantitative estimate of drug-likeness (QED) is 0.437. The number of nitrogens with two attached hydrogens (primary N) is 1. The van der Waals surface area contributed by atoms with Crippen LogP contribution in [0.4, 0.5) is 0 Å². The van der Waals surface area contributed by atoms with Crippen LogP contribution in [0.25, 0.3) is 0 Å². The van der Waals surface area contributed by atoms with Crippen LogP contribution in [0.5, 0.6) is 0 Å². The number of hydrogen-bond acceptors (Lipinski definition) is 3. The van der Waals surface area contributed by atoms with E-state index in [4.69, 9.17) is 5.73 Å². The molecule has 5 heteroatoms. The molecule has 1 heterocycles. The van der Waals surface area contributed by atoms with Crippen LogP contribution in [-0.4, -0.2) is 24.0 Å². The molecule has 19 heavy (non-hydrogen) atoms. The molecule has 1 atom stereocenters. The van der Waals surface area contributed by atoms with E-state index in [0.29, 0.717) is 18.4 Å². The third-order valence-corrected chi connectivity index (χ3v) is 4.08. The van der Waals surface area contributed by atoms with E-state index in [1.165, 1.54) is 24.1 Å². The number of unbranched alkanes of at least 4 members (excludes halogenated alkanes) is 3. The summed E-state index contributed by atoms with van der Waals surface area (Å²) in [6.45, 7) is 8.03. The molecule has 1 rings (SSSR count). The molecule has 0 fully saturated rings. The highest BCUT2D eigenvalue weighted by Crippen LogP contribution is 2.20. The Morgan fingerprint density at radius 3 is 2.89 bits per heavy atom. The first kappa shape index (κ1) is 16.0. The van der Waals surface area contributed by atoms with E-state index in [9.17, 15) is 0 Å². The highest BCUT2D eigenvalue weighted by molar-refractivity contribution is 7.11. The van der Waals surface area contributed by atoms with Crippen LogP contribution in [-0.2, 0) is 0 Å². The lowest BCUT2D eigenvalue weighted by atomic mass is 10.2. The molecule has 3 N–H and O–H groups in total. The summed E-state index contributed by atoms with van der Waals surface area (Å²) >= 11 is 1.73. The molecule has 0 aliphatic carbocycles. The molecule has 0 aromatic carbocycles. The Morgan fingerprint density at radius 2 is 2.26 bits per heavy atom. The Morgan fingerprint density at radius 1 is 1.47 bits per heavy atom. The Kier molecular flexibility index (Phi) is 7.48. The number of nitrogens with zero attached hydrogens (tertiary/aromatic N) is 2. The van der Waals surface area contributed by atoms with E-state index in [0.717, 1.165) is 18.0 Å². The average Bonchev–Trinajstić information content (AvgIpc) is 2.82. The van der Waals surface area contributed by atoms with E-state index in [2.05, 4.69) is 36.1 Å². The molecule has 4 nitrogen and oxygen atoms in total. The van der Waals surface area contributed by atoms with Crippen molar-refractivity contribution in [2.45, 2.75) is 52.4 Å². The van der Waals surface area contributed by atoms with Gasteiger partial charge in [-0.05, 0) is 13.3 Å². The van der Waals surface area contributed by atoms with Gasteiger partial charge in [-0.3, -0.25) is 4.99 Å². The fraction of sp³-hybridized carbons (Fsp3) is 0.714. The van der Waals surface area contributed by atoms with E-state index >= 15 is 0 Å². The first-order valence-corrected chi connectivity index (χ1v) is 7.91. The predicted octanol–water partition coefficient (Wildman–Crippen LogP) is 3.04. The summed E-state index contributed by atoms with van der Waals surface area (Å²) in [4.78, 5) is 10.00. The van der Waals surface area contributed by atoms with Crippen LogP contribution in [0, 0.1) is 6.92 Å². The van der Waals surface area contributed by atoms with Crippen LogP contribution < -0.4 is 11.1 Å². The van der Waals surface area contributed by atoms with Crippen molar-refractivity contribution >= 4 is 17.3 Å². The number of aryl methyl sites for hydroxylation is 1. The molecule has 1 unspecified atom stereocenters. The number of guanidine groups is 1. The summed E-state index contributed by atoms with van der Waals surface area (Å²) in [5, 5.41) is 4.30. The van der Waals surface area contributed by atoms with Crippen molar-refractivity contribution in [3.8, 4) is 0 Å². The van der Waals surface area contributed by atoms with Gasteiger partial charge in [0, 0.05) is 23.5 Å². The molecule has 1 aromatic rings. The molecule has 1 aromatic heterocycles. The van der Waals surface area contributed by atoms with Crippen molar-refractivity contribution in [3.63, 3.8) is 0 Å². The maximum atomic E-state index is 5.84. The Labute approximate surface area is 120 Å². The minimum Gasteiger partial charge on any atom is -0.370 e. The Bertz CT molecular complexity index is 387. The number of aliphatic imine (C=N–C) groups is 1. The van der Waals surface area contributed by atoms with Gasteiger partial charge in [-0.25, -0.2) is 4.98 Å². The Balaban J connectivity index is 2.23. The highest BCUT2D eigenvalue weighted by atomic mass is 32.1. The lowest BCUT2D eigenvalue weighted by Crippen LogP contribution is -2.32. The van der Waals surface area contributed by atoms with Gasteiger partial charge in [0.1, 0.15) is 0 Å². The van der Waals surface area contributed by atoms with Crippen molar-refractivity contribution in [3.05, 3.63) is 16.1 Å². The first-order valence-electron chi connectivity index (χ1n) is 7.09. The second kappa shape index (κ2) is 8.91. The van der Waals surface area contributed by atoms with Crippen molar-refractivity contribution in [1.82, 2.24) is 10.3 Å². The molecule has 0 aliphatic rings. The van der Waals surface area contributed by atoms with E-state index in [-0.39, 0.29) is 0 Å². The molecule has 0 saturated heterocycles. The molecule has 0 amide bonds. The minimum atomic E-state index is 0.333. The van der Waals surface area contributed by atoms with Gasteiger partial charge in [0.05, 0.1) is 11.6 Å². The second-order valence-electron chi connectivity index (χ2n) is 4.92. The van der Waals surface area contributed by atoms with Gasteiger partial charge in [-0.15, -0.1) is 11.3 Å². The third-order valence-electron chi connectivity index (χ3n) is 2.93. The predicted molar refractivity (Wildman–Crippen MR) is 83.9 cm³/mol. The zero-order chi connectivity index (χ0) is 14.1. The van der Waals surface area contributed by atoms with Crippen LogP contribution in [0.2, 0.25) is 0 Å². The maximum Gasteiger partial charge on any atom is 0.188 e. The Hall–Kier alpha value is -1.10. The zero-order valence-electron chi connectivity index (χ0n) is 12.3. The van der Waals surface area contributed by atoms with Crippen molar-refractivity contribution in [2.75, 3.05) is 13.1 Å². The van der Waals surface area contributed by atoms with Crippen LogP contribution >= 0.6 is 11.3 Å². The number of thiazole rings is 1. The smallest absolute Gasteiger partial charge is 0.188 e. The molecular formula is C14H26N4S. The van der Waals surface area contributed by atoms with Crippen molar-refractivity contribution < 1.29 is 0 Å². The SMILES string of the molecule is CCCCCCNC(N)=NCC(C)c1ncc(C)s1. The standard InChI is InChI=1S/C14H26N4S/c1-4-5-6-7-8-16-14(15)18-9-11(2)13-17-10-12(3)19-13/h10-11H,4-9H2,1-3H3,(H3,15,16,18). The topological polar surface area (TPSA) is 63.3 Å². The van der Waals surface area contributed by atoms with E-state index in [1.807, 2.05) is 6.20 Å². The molecule has 0 aliphatic heterocycles. The average molecular weight is 282 g/mol. The van der Waals surface area contributed by atoms with Gasteiger partial charge in [0.15, 0.2) is 5.96 Å². The summed E-state index contributed by atoms with van der Waals surface area (Å²) in [6, 6.07) is 0. The number of nitrogens with one attached hydrogen (secondary N) is 1. The maximum absolute atomic E-state index is 5.84. The molecule has 108 valence electrons. The van der Waals surface area contributed by atoms with Gasteiger partial charge < -0.3 is 11.1 Å². The molecule has 0 spiro atoms. The van der Waals surface area contributed by atoms with Crippen LogP contribution in [0.15, 0.2) is 11.2 Å². The molecular weight excluding hydrogens is 256 g/mol. The lowest BCUT2D eigenvalue weighted by Gasteiger charge is -2.07. The summed E-state index contributed by atoms with van der Waals surface area (Å²) in [7, 11) is 0. The van der Waals surface area contributed by atoms with Gasteiger partial charge in [0.2, 0.25) is 0 Å². The summed E-state index contributed by atoms with van der Waals surface area (Å²) in [6.07, 6.45) is 6.87. The van der Waals surface area contributed by atoms with Crippen molar-refractivity contribution in [2.24, 2.45) is 10.7 Å². The molecule has 0 saturated carbocycles. The molecule has 0 radical (unpaired) electrons. The fourth-order valence-corrected chi connectivity index (χ4v) is 2.55. The fourth-order valence-electron chi connectivity index (χ4n) is 1.74. The van der Waals surface area contributed by atoms with Gasteiger partial charge in [-0.2, -0.15) is 0 Å². The second-order valence-corrected chi connectivity index (χ2v) is 6.19. The largest absolute Gasteiger partial charge is 0.370 e. The summed E-state index contributed by atoms with van der Waals surface area (Å²) in [5.41, 5.74) is 5.84. The van der Waals surface area contributed by atoms with Crippen molar-refractivity contribution in [1.29, 1.82) is 0 Å². The van der Waals surface area contributed by atoms with Crippen LogP contribution in [0.1, 0.15) is 55.3 Å². The number of rotatable bonds is 8. The molecule has 0 bridgehead atoms. The zero-order valence-corrected chi connectivity index (χ0v) is 13.1. The van der Waals surface area contributed by atoms with Gasteiger partial charge in [0.25, 0.3) is 0 Å². The highest BCUT2D eigenvalue weighted by Gasteiger charge is 2.08. The lowest BCUT2D eigenvalue weighted by molar-refractivity contribution is 0.651. The first-order chi connectivity index (χ1) is 9.13. The minimum absolute atomic E-state index is 0.333. The normalized spacial score (nSPS) is 13.5. The summed E-state index contributed by atoms with van der Waals surface area (Å²) < 4.78 is 0. The monoisotopic (exact) mass is 282 g/mol. The number of aromatic nitrogens is 1. The van der Waals surface area contributed by atoms with Crippen LogP contribution in [0.3, 0.4) is 0 Å². The van der Waals surface area contributed by atoms with E-state index < -0.39 is 0 Å². The van der Waals surface area contributed by atoms with Gasteiger partial charge in [-0.1, -0.05) is 33.1 Å². The third kappa shape index (κ3) is 6.57. The van der Waals surface area contributed by atoms with E-state index in [1.54, 1.807) is 11.3 Å². The van der Waals surface area contributed by atoms with Gasteiger partial charge >= 0.3 is 0 Å².